The van der Waals surface area contributed by atoms with Gasteiger partial charge in [-0.3, -0.25) is 0 Å². The standard InChI is InChI=1S/C8H12IN3/c1-5-2-3-6(11-5)8-10-4-7(9)12-8/h4-6,11H,2-3H2,1H3,(H,10,12)/t5-,6+/m1/s1. The molecule has 1 fully saturated rings. The van der Waals surface area contributed by atoms with Crippen LogP contribution in [0.1, 0.15) is 31.6 Å². The summed E-state index contributed by atoms with van der Waals surface area (Å²) in [6, 6.07) is 1.08. The first kappa shape index (κ1) is 8.50. The minimum atomic E-state index is 0.448. The molecular formula is C8H12IN3. The second-order valence-corrected chi connectivity index (χ2v) is 4.48. The summed E-state index contributed by atoms with van der Waals surface area (Å²) in [5, 5.41) is 3.49. The summed E-state index contributed by atoms with van der Waals surface area (Å²) in [4.78, 5) is 7.56. The van der Waals surface area contributed by atoms with Gasteiger partial charge in [0.2, 0.25) is 0 Å². The molecule has 0 aromatic carbocycles. The van der Waals surface area contributed by atoms with Gasteiger partial charge in [0.25, 0.3) is 0 Å². The summed E-state index contributed by atoms with van der Waals surface area (Å²) in [5.41, 5.74) is 0. The minimum Gasteiger partial charge on any atom is -0.336 e. The van der Waals surface area contributed by atoms with Crippen molar-refractivity contribution in [3.8, 4) is 0 Å². The van der Waals surface area contributed by atoms with Crippen LogP contribution in [0.2, 0.25) is 0 Å². The second kappa shape index (κ2) is 3.33. The highest BCUT2D eigenvalue weighted by molar-refractivity contribution is 14.1. The number of halogens is 1. The second-order valence-electron chi connectivity index (χ2n) is 3.31. The fourth-order valence-corrected chi connectivity index (χ4v) is 2.05. The lowest BCUT2D eigenvalue weighted by Gasteiger charge is -2.07. The van der Waals surface area contributed by atoms with Gasteiger partial charge in [0.1, 0.15) is 5.82 Å². The molecule has 2 atom stereocenters. The van der Waals surface area contributed by atoms with Crippen LogP contribution >= 0.6 is 22.6 Å². The summed E-state index contributed by atoms with van der Waals surface area (Å²) in [6.45, 7) is 2.22. The highest BCUT2D eigenvalue weighted by atomic mass is 127. The van der Waals surface area contributed by atoms with Crippen LogP contribution in [0.15, 0.2) is 6.20 Å². The number of nitrogens with one attached hydrogen (secondary N) is 2. The monoisotopic (exact) mass is 277 g/mol. The van der Waals surface area contributed by atoms with E-state index in [2.05, 4.69) is 44.8 Å². The van der Waals surface area contributed by atoms with E-state index >= 15 is 0 Å². The van der Waals surface area contributed by atoms with Crippen molar-refractivity contribution in [1.29, 1.82) is 0 Å². The molecule has 1 aromatic rings. The topological polar surface area (TPSA) is 40.7 Å². The summed E-state index contributed by atoms with van der Waals surface area (Å²) < 4.78 is 1.11. The van der Waals surface area contributed by atoms with Crippen LogP contribution in [0.5, 0.6) is 0 Å². The zero-order chi connectivity index (χ0) is 8.55. The van der Waals surface area contributed by atoms with Crippen LogP contribution in [0.4, 0.5) is 0 Å². The molecule has 2 rings (SSSR count). The Hall–Kier alpha value is -0.100. The Bertz CT molecular complexity index is 271. The molecule has 0 unspecified atom stereocenters. The Labute approximate surface area is 85.5 Å². The number of H-pyrrole nitrogens is 1. The van der Waals surface area contributed by atoms with E-state index in [1.165, 1.54) is 12.8 Å². The SMILES string of the molecule is C[C@@H]1CC[C@@H](c2ncc(I)[nH]2)N1. The van der Waals surface area contributed by atoms with Crippen LogP contribution in [-0.4, -0.2) is 16.0 Å². The lowest BCUT2D eigenvalue weighted by molar-refractivity contribution is 0.563. The van der Waals surface area contributed by atoms with E-state index in [1.807, 2.05) is 6.20 Å². The number of aromatic amines is 1. The normalized spacial score (nSPS) is 29.5. The van der Waals surface area contributed by atoms with Crippen LogP contribution in [0.3, 0.4) is 0 Å². The maximum Gasteiger partial charge on any atom is 0.124 e. The summed E-state index contributed by atoms with van der Waals surface area (Å²) in [6.07, 6.45) is 4.33. The molecule has 0 spiro atoms. The predicted octanol–water partition coefficient (Wildman–Crippen LogP) is 1.83. The first-order valence-electron chi connectivity index (χ1n) is 4.22. The third-order valence-electron chi connectivity index (χ3n) is 2.27. The average molecular weight is 277 g/mol. The van der Waals surface area contributed by atoms with E-state index in [4.69, 9.17) is 0 Å². The smallest absolute Gasteiger partial charge is 0.124 e. The van der Waals surface area contributed by atoms with Gasteiger partial charge in [-0.2, -0.15) is 0 Å². The Balaban J connectivity index is 2.11. The molecule has 0 aliphatic carbocycles. The van der Waals surface area contributed by atoms with Gasteiger partial charge in [-0.25, -0.2) is 4.98 Å². The zero-order valence-electron chi connectivity index (χ0n) is 6.97. The number of aromatic nitrogens is 2. The molecule has 12 heavy (non-hydrogen) atoms. The number of hydrogen-bond acceptors (Lipinski definition) is 2. The van der Waals surface area contributed by atoms with Gasteiger partial charge in [0, 0.05) is 6.04 Å². The molecule has 0 radical (unpaired) electrons. The number of imidazole rings is 1. The lowest BCUT2D eigenvalue weighted by Crippen LogP contribution is -2.21. The average Bonchev–Trinajstić information content (AvgIpc) is 2.58. The summed E-state index contributed by atoms with van der Waals surface area (Å²) in [7, 11) is 0. The highest BCUT2D eigenvalue weighted by Gasteiger charge is 2.23. The highest BCUT2D eigenvalue weighted by Crippen LogP contribution is 2.24. The van der Waals surface area contributed by atoms with Gasteiger partial charge in [-0.05, 0) is 42.4 Å². The molecule has 3 nitrogen and oxygen atoms in total. The Kier molecular flexibility index (Phi) is 2.36. The number of hydrogen-bond donors (Lipinski definition) is 2. The van der Waals surface area contributed by atoms with E-state index in [1.54, 1.807) is 0 Å². The zero-order valence-corrected chi connectivity index (χ0v) is 9.13. The molecule has 2 heterocycles. The van der Waals surface area contributed by atoms with Crippen molar-refractivity contribution in [3.63, 3.8) is 0 Å². The van der Waals surface area contributed by atoms with Crippen molar-refractivity contribution < 1.29 is 0 Å². The Morgan fingerprint density at radius 1 is 1.58 bits per heavy atom. The van der Waals surface area contributed by atoms with Gasteiger partial charge in [0.05, 0.1) is 15.9 Å². The third-order valence-corrected chi connectivity index (χ3v) is 2.82. The first-order chi connectivity index (χ1) is 5.75. The Morgan fingerprint density at radius 3 is 2.92 bits per heavy atom. The van der Waals surface area contributed by atoms with Crippen LogP contribution < -0.4 is 5.32 Å². The lowest BCUT2D eigenvalue weighted by atomic mass is 10.2. The number of rotatable bonds is 1. The molecule has 66 valence electrons. The van der Waals surface area contributed by atoms with Crippen LogP contribution in [-0.2, 0) is 0 Å². The molecule has 4 heteroatoms. The van der Waals surface area contributed by atoms with E-state index in [9.17, 15) is 0 Å². The molecule has 0 saturated carbocycles. The Morgan fingerprint density at radius 2 is 2.42 bits per heavy atom. The van der Waals surface area contributed by atoms with Crippen molar-refractivity contribution in [2.75, 3.05) is 0 Å². The van der Waals surface area contributed by atoms with Crippen molar-refractivity contribution in [3.05, 3.63) is 15.7 Å². The summed E-state index contributed by atoms with van der Waals surface area (Å²) in [5.74, 6) is 1.09. The molecule has 2 N–H and O–H groups in total. The number of nitrogens with zero attached hydrogens (tertiary/aromatic N) is 1. The maximum absolute atomic E-state index is 4.31. The maximum atomic E-state index is 4.31. The molecule has 0 bridgehead atoms. The van der Waals surface area contributed by atoms with Crippen molar-refractivity contribution in [2.24, 2.45) is 0 Å². The summed E-state index contributed by atoms with van der Waals surface area (Å²) >= 11 is 2.25. The largest absolute Gasteiger partial charge is 0.336 e. The molecule has 1 aromatic heterocycles. The van der Waals surface area contributed by atoms with Crippen molar-refractivity contribution in [2.45, 2.75) is 31.8 Å². The van der Waals surface area contributed by atoms with E-state index in [0.29, 0.717) is 12.1 Å². The molecule has 1 aliphatic rings. The quantitative estimate of drug-likeness (QED) is 0.769. The van der Waals surface area contributed by atoms with E-state index in [-0.39, 0.29) is 0 Å². The fourth-order valence-electron chi connectivity index (χ4n) is 1.63. The minimum absolute atomic E-state index is 0.448. The van der Waals surface area contributed by atoms with Gasteiger partial charge < -0.3 is 10.3 Å². The van der Waals surface area contributed by atoms with E-state index in [0.717, 1.165) is 9.53 Å². The van der Waals surface area contributed by atoms with Crippen molar-refractivity contribution in [1.82, 2.24) is 15.3 Å². The van der Waals surface area contributed by atoms with Crippen LogP contribution in [0.25, 0.3) is 0 Å². The van der Waals surface area contributed by atoms with Gasteiger partial charge in [-0.15, -0.1) is 0 Å². The van der Waals surface area contributed by atoms with Crippen LogP contribution in [0, 0.1) is 3.70 Å². The molecule has 0 amide bonds. The van der Waals surface area contributed by atoms with Crippen molar-refractivity contribution >= 4 is 22.6 Å². The van der Waals surface area contributed by atoms with Gasteiger partial charge in [0.15, 0.2) is 0 Å². The first-order valence-corrected chi connectivity index (χ1v) is 5.30. The molecular weight excluding hydrogens is 265 g/mol. The molecule has 1 aliphatic heterocycles. The fraction of sp³-hybridized carbons (Fsp3) is 0.625. The molecule has 1 saturated heterocycles. The van der Waals surface area contributed by atoms with E-state index < -0.39 is 0 Å². The van der Waals surface area contributed by atoms with Gasteiger partial charge >= 0.3 is 0 Å². The predicted molar refractivity (Wildman–Crippen MR) is 55.9 cm³/mol. The van der Waals surface area contributed by atoms with Gasteiger partial charge in [-0.1, -0.05) is 0 Å². The third kappa shape index (κ3) is 1.64.